The Morgan fingerprint density at radius 2 is 2.00 bits per heavy atom. The van der Waals surface area contributed by atoms with Crippen molar-refractivity contribution in [3.8, 4) is 0 Å². The van der Waals surface area contributed by atoms with Crippen molar-refractivity contribution in [2.45, 2.75) is 37.6 Å². The number of alkyl halides is 1. The summed E-state index contributed by atoms with van der Waals surface area (Å²) in [4.78, 5) is 13.4. The maximum atomic E-state index is 11.7. The van der Waals surface area contributed by atoms with Crippen molar-refractivity contribution in [3.63, 3.8) is 0 Å². The van der Waals surface area contributed by atoms with E-state index in [4.69, 9.17) is 11.6 Å². The number of amides is 2. The Kier molecular flexibility index (Phi) is 3.14. The lowest BCUT2D eigenvalue weighted by atomic mass is 10.0. The molecule has 0 radical (unpaired) electrons. The second-order valence-corrected chi connectivity index (χ2v) is 7.26. The van der Waals surface area contributed by atoms with Crippen molar-refractivity contribution in [2.24, 2.45) is 17.8 Å². The van der Waals surface area contributed by atoms with Gasteiger partial charge in [-0.05, 0) is 47.8 Å². The highest BCUT2D eigenvalue weighted by atomic mass is 35.5. The molecule has 0 aromatic heterocycles. The molecule has 0 bridgehead atoms. The van der Waals surface area contributed by atoms with E-state index < -0.39 is 0 Å². The molecule has 0 saturated heterocycles. The van der Waals surface area contributed by atoms with Gasteiger partial charge in [0.05, 0.1) is 5.38 Å². The Morgan fingerprint density at radius 1 is 1.29 bits per heavy atom. The van der Waals surface area contributed by atoms with Crippen molar-refractivity contribution < 1.29 is 4.79 Å². The van der Waals surface area contributed by atoms with Gasteiger partial charge in [0.2, 0.25) is 0 Å². The van der Waals surface area contributed by atoms with Crippen molar-refractivity contribution in [1.29, 1.82) is 0 Å². The van der Waals surface area contributed by atoms with Crippen molar-refractivity contribution in [1.82, 2.24) is 4.90 Å². The number of halogens is 1. The molecule has 4 heteroatoms. The highest BCUT2D eigenvalue weighted by Gasteiger charge is 2.54. The van der Waals surface area contributed by atoms with Crippen LogP contribution in [0.15, 0.2) is 18.2 Å². The maximum Gasteiger partial charge on any atom is 0.321 e. The fourth-order valence-electron chi connectivity index (χ4n) is 4.28. The zero-order chi connectivity index (χ0) is 14.6. The number of carbonyl (C=O) groups is 1. The quantitative estimate of drug-likeness (QED) is 0.808. The van der Waals surface area contributed by atoms with E-state index in [1.54, 1.807) is 4.90 Å². The maximum absolute atomic E-state index is 11.7. The van der Waals surface area contributed by atoms with Crippen LogP contribution in [0.2, 0.25) is 0 Å². The first-order valence-electron chi connectivity index (χ1n) is 7.94. The average molecular weight is 305 g/mol. The number of anilines is 1. The smallest absolute Gasteiger partial charge is 0.321 e. The molecule has 1 N–H and O–H groups in total. The largest absolute Gasteiger partial charge is 0.323 e. The van der Waals surface area contributed by atoms with E-state index in [0.29, 0.717) is 12.5 Å². The molecule has 1 aromatic carbocycles. The van der Waals surface area contributed by atoms with Crippen molar-refractivity contribution >= 4 is 23.3 Å². The van der Waals surface area contributed by atoms with Gasteiger partial charge < -0.3 is 10.2 Å². The summed E-state index contributed by atoms with van der Waals surface area (Å²) in [7, 11) is 1.82. The monoisotopic (exact) mass is 304 g/mol. The lowest BCUT2D eigenvalue weighted by Crippen LogP contribution is -2.35. The molecule has 21 heavy (non-hydrogen) atoms. The molecule has 4 rings (SSSR count). The molecule has 3 unspecified atom stereocenters. The van der Waals surface area contributed by atoms with Crippen LogP contribution in [0.4, 0.5) is 10.5 Å². The first-order chi connectivity index (χ1) is 10.1. The Labute approximate surface area is 130 Å². The lowest BCUT2D eigenvalue weighted by molar-refractivity contribution is 0.218. The molecular weight excluding hydrogens is 284 g/mol. The van der Waals surface area contributed by atoms with E-state index in [1.165, 1.54) is 36.8 Å². The molecule has 3 aliphatic rings. The third-order valence-corrected chi connectivity index (χ3v) is 6.05. The van der Waals surface area contributed by atoms with Gasteiger partial charge in [-0.15, -0.1) is 11.6 Å². The van der Waals surface area contributed by atoms with Crippen LogP contribution < -0.4 is 5.32 Å². The molecule has 3 atom stereocenters. The molecule has 1 heterocycles. The summed E-state index contributed by atoms with van der Waals surface area (Å²) in [6.07, 6.45) is 5.48. The van der Waals surface area contributed by atoms with Crippen LogP contribution in [0.1, 0.15) is 42.2 Å². The van der Waals surface area contributed by atoms with Crippen LogP contribution in [-0.4, -0.2) is 18.0 Å². The molecule has 1 aliphatic heterocycles. The summed E-state index contributed by atoms with van der Waals surface area (Å²) in [5, 5.41) is 3.05. The highest BCUT2D eigenvalue weighted by Crippen LogP contribution is 2.62. The van der Waals surface area contributed by atoms with E-state index in [0.717, 1.165) is 17.5 Å². The summed E-state index contributed by atoms with van der Waals surface area (Å²) in [6.45, 7) is 0.663. The normalized spacial score (nSPS) is 32.0. The van der Waals surface area contributed by atoms with Gasteiger partial charge in [0.1, 0.15) is 0 Å². The van der Waals surface area contributed by atoms with Gasteiger partial charge in [0.25, 0.3) is 0 Å². The number of carbonyl (C=O) groups excluding carboxylic acids is 1. The minimum Gasteiger partial charge on any atom is -0.323 e. The van der Waals surface area contributed by atoms with Crippen molar-refractivity contribution in [3.05, 3.63) is 29.3 Å². The number of urea groups is 1. The summed E-state index contributed by atoms with van der Waals surface area (Å²) < 4.78 is 0. The van der Waals surface area contributed by atoms with Gasteiger partial charge in [-0.2, -0.15) is 0 Å². The first kappa shape index (κ1) is 13.4. The van der Waals surface area contributed by atoms with Crippen LogP contribution in [0.25, 0.3) is 0 Å². The predicted molar refractivity (Wildman–Crippen MR) is 84.5 cm³/mol. The third kappa shape index (κ3) is 2.22. The first-order valence-corrected chi connectivity index (χ1v) is 8.38. The minimum absolute atomic E-state index is 0.0362. The van der Waals surface area contributed by atoms with Gasteiger partial charge in [0.15, 0.2) is 0 Å². The van der Waals surface area contributed by atoms with E-state index in [1.807, 2.05) is 13.1 Å². The number of nitrogens with zero attached hydrogens (tertiary/aromatic N) is 1. The van der Waals surface area contributed by atoms with Crippen LogP contribution in [-0.2, 0) is 6.54 Å². The zero-order valence-corrected chi connectivity index (χ0v) is 13.1. The van der Waals surface area contributed by atoms with E-state index in [-0.39, 0.29) is 11.4 Å². The van der Waals surface area contributed by atoms with E-state index >= 15 is 0 Å². The minimum atomic E-state index is -0.0362. The third-order valence-electron chi connectivity index (χ3n) is 5.50. The summed E-state index contributed by atoms with van der Waals surface area (Å²) in [6, 6.07) is 6.25. The Balaban J connectivity index is 1.56. The average Bonchev–Trinajstić information content (AvgIpc) is 3.21. The predicted octanol–water partition coefficient (Wildman–Crippen LogP) is 4.38. The van der Waals surface area contributed by atoms with Gasteiger partial charge in [0, 0.05) is 19.3 Å². The molecule has 3 nitrogen and oxygen atoms in total. The molecule has 112 valence electrons. The number of fused-ring (bicyclic) bond motifs is 2. The fraction of sp³-hybridized carbons (Fsp3) is 0.588. The Hall–Kier alpha value is -1.22. The second kappa shape index (κ2) is 4.91. The molecule has 2 amide bonds. The van der Waals surface area contributed by atoms with Crippen LogP contribution in [0.5, 0.6) is 0 Å². The van der Waals surface area contributed by atoms with Crippen LogP contribution in [0, 0.1) is 17.8 Å². The summed E-state index contributed by atoms with van der Waals surface area (Å²) in [5.41, 5.74) is 3.32. The molecule has 2 aliphatic carbocycles. The number of hydrogen-bond acceptors (Lipinski definition) is 1. The van der Waals surface area contributed by atoms with Gasteiger partial charge >= 0.3 is 6.03 Å². The zero-order valence-electron chi connectivity index (χ0n) is 12.3. The van der Waals surface area contributed by atoms with Gasteiger partial charge in [-0.25, -0.2) is 4.79 Å². The van der Waals surface area contributed by atoms with Gasteiger partial charge in [-0.1, -0.05) is 25.0 Å². The summed E-state index contributed by atoms with van der Waals surface area (Å²) in [5.74, 6) is 2.39. The number of hydrogen-bond donors (Lipinski definition) is 1. The van der Waals surface area contributed by atoms with Crippen LogP contribution >= 0.6 is 11.6 Å². The van der Waals surface area contributed by atoms with Crippen molar-refractivity contribution in [2.75, 3.05) is 12.4 Å². The second-order valence-electron chi connectivity index (χ2n) is 6.79. The van der Waals surface area contributed by atoms with E-state index in [2.05, 4.69) is 17.4 Å². The SMILES string of the molecule is CN1Cc2cc(C(Cl)C3C4CCCCC43)ccc2NC1=O. The van der Waals surface area contributed by atoms with Gasteiger partial charge in [-0.3, -0.25) is 0 Å². The number of nitrogens with one attached hydrogen (secondary N) is 1. The standard InChI is InChI=1S/C17H21ClN2O/c1-20-9-11-8-10(6-7-14(11)19-17(20)21)16(18)15-12-4-2-3-5-13(12)15/h6-8,12-13,15-16H,2-5,9H2,1H3,(H,19,21). The topological polar surface area (TPSA) is 32.3 Å². The highest BCUT2D eigenvalue weighted by molar-refractivity contribution is 6.21. The molecule has 0 spiro atoms. The van der Waals surface area contributed by atoms with E-state index in [9.17, 15) is 4.79 Å². The molecular formula is C17H21ClN2O. The molecule has 2 fully saturated rings. The molecule has 1 aromatic rings. The summed E-state index contributed by atoms with van der Waals surface area (Å²) >= 11 is 6.78. The Bertz CT molecular complexity index is 576. The fourth-order valence-corrected chi connectivity index (χ4v) is 4.79. The lowest BCUT2D eigenvalue weighted by Gasteiger charge is -2.26. The number of benzene rings is 1. The van der Waals surface area contributed by atoms with Crippen LogP contribution in [0.3, 0.4) is 0 Å². The molecule has 2 saturated carbocycles. The Morgan fingerprint density at radius 3 is 2.71 bits per heavy atom. The number of rotatable bonds is 2.